The molecule has 1 N–H and O–H groups in total. The van der Waals surface area contributed by atoms with Gasteiger partial charge in [0.1, 0.15) is 4.83 Å². The second-order valence-corrected chi connectivity index (χ2v) is 7.86. The van der Waals surface area contributed by atoms with Crippen LogP contribution in [0, 0.1) is 5.92 Å². The molecule has 0 atom stereocenters. The van der Waals surface area contributed by atoms with Gasteiger partial charge in [-0.1, -0.05) is 13.8 Å². The SMILES string of the molecule is CC(C)c1nn(C)c2sc(C(=O)N3CCC(CC(=O)O)CC3)cc12. The van der Waals surface area contributed by atoms with E-state index in [9.17, 15) is 9.59 Å². The number of carboxylic acid groups (broad SMARTS) is 1. The van der Waals surface area contributed by atoms with Crippen molar-refractivity contribution in [2.45, 2.75) is 39.0 Å². The summed E-state index contributed by atoms with van der Waals surface area (Å²) in [5, 5.41) is 14.5. The molecular formula is C17H23N3O3S. The number of aromatic nitrogens is 2. The number of hydrogen-bond acceptors (Lipinski definition) is 4. The third-order valence-corrected chi connectivity index (χ3v) is 5.85. The Hall–Kier alpha value is -1.89. The van der Waals surface area contributed by atoms with Crippen LogP contribution in [-0.2, 0) is 11.8 Å². The molecule has 0 spiro atoms. The van der Waals surface area contributed by atoms with Crippen LogP contribution in [0.1, 0.15) is 54.4 Å². The Balaban J connectivity index is 1.75. The van der Waals surface area contributed by atoms with Gasteiger partial charge in [-0.25, -0.2) is 0 Å². The predicted octanol–water partition coefficient (Wildman–Crippen LogP) is 3.09. The minimum atomic E-state index is -0.752. The van der Waals surface area contributed by atoms with E-state index >= 15 is 0 Å². The Morgan fingerprint density at radius 2 is 2.04 bits per heavy atom. The van der Waals surface area contributed by atoms with E-state index in [1.807, 2.05) is 22.7 Å². The first-order valence-corrected chi connectivity index (χ1v) is 9.16. The third kappa shape index (κ3) is 3.17. The van der Waals surface area contributed by atoms with Crippen molar-refractivity contribution >= 4 is 33.4 Å². The highest BCUT2D eigenvalue weighted by Gasteiger charge is 2.27. The molecule has 2 aromatic rings. The number of fused-ring (bicyclic) bond motifs is 1. The van der Waals surface area contributed by atoms with Crippen LogP contribution in [0.4, 0.5) is 0 Å². The summed E-state index contributed by atoms with van der Waals surface area (Å²) in [6.45, 7) is 5.49. The molecule has 0 bridgehead atoms. The number of thiophene rings is 1. The molecule has 3 rings (SSSR count). The fraction of sp³-hybridized carbons (Fsp3) is 0.588. The van der Waals surface area contributed by atoms with Crippen molar-refractivity contribution in [1.82, 2.24) is 14.7 Å². The number of carbonyl (C=O) groups excluding carboxylic acids is 1. The molecule has 3 heterocycles. The molecule has 1 fully saturated rings. The van der Waals surface area contributed by atoms with Crippen LogP contribution in [0.3, 0.4) is 0 Å². The number of aryl methyl sites for hydroxylation is 1. The molecule has 24 heavy (non-hydrogen) atoms. The lowest BCUT2D eigenvalue weighted by Gasteiger charge is -2.31. The average molecular weight is 349 g/mol. The van der Waals surface area contributed by atoms with Gasteiger partial charge in [0.15, 0.2) is 0 Å². The lowest BCUT2D eigenvalue weighted by atomic mass is 9.93. The zero-order valence-corrected chi connectivity index (χ0v) is 15.1. The number of hydrogen-bond donors (Lipinski definition) is 1. The predicted molar refractivity (Wildman–Crippen MR) is 93.6 cm³/mol. The minimum absolute atomic E-state index is 0.0553. The summed E-state index contributed by atoms with van der Waals surface area (Å²) in [6, 6.07) is 1.97. The molecule has 0 aliphatic carbocycles. The van der Waals surface area contributed by atoms with E-state index in [-0.39, 0.29) is 18.2 Å². The van der Waals surface area contributed by atoms with Crippen molar-refractivity contribution in [3.05, 3.63) is 16.6 Å². The van der Waals surface area contributed by atoms with Crippen molar-refractivity contribution in [3.63, 3.8) is 0 Å². The summed E-state index contributed by atoms with van der Waals surface area (Å²) in [5.41, 5.74) is 1.03. The van der Waals surface area contributed by atoms with Gasteiger partial charge in [-0.15, -0.1) is 11.3 Å². The molecule has 1 aliphatic heterocycles. The standard InChI is InChI=1S/C17H23N3O3S/c1-10(2)15-12-9-13(24-17(12)19(3)18-15)16(23)20-6-4-11(5-7-20)8-14(21)22/h9-11H,4-8H2,1-3H3,(H,21,22). The van der Waals surface area contributed by atoms with Gasteiger partial charge < -0.3 is 10.0 Å². The molecule has 1 amide bonds. The Labute approximate surface area is 145 Å². The molecule has 1 saturated heterocycles. The van der Waals surface area contributed by atoms with Gasteiger partial charge in [-0.3, -0.25) is 14.3 Å². The maximum atomic E-state index is 12.8. The monoisotopic (exact) mass is 349 g/mol. The summed E-state index contributed by atoms with van der Waals surface area (Å²) < 4.78 is 1.85. The van der Waals surface area contributed by atoms with E-state index in [2.05, 4.69) is 18.9 Å². The van der Waals surface area contributed by atoms with Crippen LogP contribution in [0.2, 0.25) is 0 Å². The van der Waals surface area contributed by atoms with Gasteiger partial charge in [-0.2, -0.15) is 5.10 Å². The molecule has 6 nitrogen and oxygen atoms in total. The topological polar surface area (TPSA) is 75.4 Å². The second-order valence-electron chi connectivity index (χ2n) is 6.83. The molecule has 0 radical (unpaired) electrons. The number of likely N-dealkylation sites (tertiary alicyclic amines) is 1. The Bertz CT molecular complexity index is 769. The first kappa shape index (κ1) is 17.0. The van der Waals surface area contributed by atoms with E-state index < -0.39 is 5.97 Å². The van der Waals surface area contributed by atoms with Crippen molar-refractivity contribution in [2.75, 3.05) is 13.1 Å². The Kier molecular flexibility index (Phi) is 4.62. The van der Waals surface area contributed by atoms with Crippen molar-refractivity contribution < 1.29 is 14.7 Å². The molecule has 130 valence electrons. The summed E-state index contributed by atoms with van der Waals surface area (Å²) >= 11 is 1.49. The number of rotatable bonds is 4. The molecule has 7 heteroatoms. The fourth-order valence-corrected chi connectivity index (χ4v) is 4.39. The van der Waals surface area contributed by atoms with Crippen LogP contribution < -0.4 is 0 Å². The largest absolute Gasteiger partial charge is 0.481 e. The zero-order chi connectivity index (χ0) is 17.4. The van der Waals surface area contributed by atoms with E-state index in [0.29, 0.717) is 19.0 Å². The van der Waals surface area contributed by atoms with Crippen LogP contribution in [0.5, 0.6) is 0 Å². The Morgan fingerprint density at radius 1 is 1.38 bits per heavy atom. The van der Waals surface area contributed by atoms with Crippen LogP contribution >= 0.6 is 11.3 Å². The average Bonchev–Trinajstić information content (AvgIpc) is 3.07. The highest BCUT2D eigenvalue weighted by molar-refractivity contribution is 7.20. The van der Waals surface area contributed by atoms with Crippen LogP contribution in [0.15, 0.2) is 6.07 Å². The summed E-state index contributed by atoms with van der Waals surface area (Å²) in [5.74, 6) is -0.193. The van der Waals surface area contributed by atoms with Crippen molar-refractivity contribution in [1.29, 1.82) is 0 Å². The first-order valence-electron chi connectivity index (χ1n) is 8.34. The van der Waals surface area contributed by atoms with Gasteiger partial charge >= 0.3 is 5.97 Å². The normalized spacial score (nSPS) is 16.2. The molecule has 0 saturated carbocycles. The number of piperidine rings is 1. The molecule has 0 unspecified atom stereocenters. The van der Waals surface area contributed by atoms with Gasteiger partial charge in [0.25, 0.3) is 5.91 Å². The van der Waals surface area contributed by atoms with Crippen molar-refractivity contribution in [3.8, 4) is 0 Å². The number of carboxylic acids is 1. The molecular weight excluding hydrogens is 326 g/mol. The first-order chi connectivity index (χ1) is 11.4. The van der Waals surface area contributed by atoms with Gasteiger partial charge in [0, 0.05) is 31.9 Å². The number of nitrogens with zero attached hydrogens (tertiary/aromatic N) is 3. The lowest BCUT2D eigenvalue weighted by Crippen LogP contribution is -2.38. The summed E-state index contributed by atoms with van der Waals surface area (Å²) in [6.07, 6.45) is 1.73. The highest BCUT2D eigenvalue weighted by atomic mass is 32.1. The zero-order valence-electron chi connectivity index (χ0n) is 14.3. The van der Waals surface area contributed by atoms with Gasteiger partial charge in [-0.05, 0) is 30.7 Å². The third-order valence-electron chi connectivity index (χ3n) is 4.66. The number of amides is 1. The van der Waals surface area contributed by atoms with Gasteiger partial charge in [0.2, 0.25) is 0 Å². The number of aliphatic carboxylic acids is 1. The van der Waals surface area contributed by atoms with E-state index in [1.54, 1.807) is 0 Å². The van der Waals surface area contributed by atoms with Crippen LogP contribution in [0.25, 0.3) is 10.2 Å². The van der Waals surface area contributed by atoms with E-state index in [0.717, 1.165) is 33.6 Å². The second kappa shape index (κ2) is 6.55. The summed E-state index contributed by atoms with van der Waals surface area (Å²) in [7, 11) is 1.91. The smallest absolute Gasteiger partial charge is 0.303 e. The highest BCUT2D eigenvalue weighted by Crippen LogP contribution is 2.33. The Morgan fingerprint density at radius 3 is 2.62 bits per heavy atom. The molecule has 2 aromatic heterocycles. The number of carbonyl (C=O) groups is 2. The quantitative estimate of drug-likeness (QED) is 0.920. The maximum absolute atomic E-state index is 12.8. The molecule has 0 aromatic carbocycles. The van der Waals surface area contributed by atoms with Gasteiger partial charge in [0.05, 0.1) is 10.6 Å². The van der Waals surface area contributed by atoms with E-state index in [1.165, 1.54) is 11.3 Å². The van der Waals surface area contributed by atoms with Crippen LogP contribution in [-0.4, -0.2) is 44.8 Å². The maximum Gasteiger partial charge on any atom is 0.303 e. The fourth-order valence-electron chi connectivity index (χ4n) is 3.34. The molecule has 1 aliphatic rings. The minimum Gasteiger partial charge on any atom is -0.481 e. The van der Waals surface area contributed by atoms with Crippen molar-refractivity contribution in [2.24, 2.45) is 13.0 Å². The van der Waals surface area contributed by atoms with E-state index in [4.69, 9.17) is 5.11 Å². The summed E-state index contributed by atoms with van der Waals surface area (Å²) in [4.78, 5) is 27.2. The lowest BCUT2D eigenvalue weighted by molar-refractivity contribution is -0.138.